The Labute approximate surface area is 93.9 Å². The van der Waals surface area contributed by atoms with Crippen LogP contribution in [-0.2, 0) is 13.9 Å². The number of hydrogen-bond acceptors (Lipinski definition) is 3. The van der Waals surface area contributed by atoms with Crippen LogP contribution in [0.25, 0.3) is 0 Å². The van der Waals surface area contributed by atoms with E-state index in [0.29, 0.717) is 6.42 Å². The second-order valence-corrected chi connectivity index (χ2v) is 5.88. The predicted octanol–water partition coefficient (Wildman–Crippen LogP) is 1.23. The van der Waals surface area contributed by atoms with Crippen molar-refractivity contribution < 1.29 is 28.8 Å². The van der Waals surface area contributed by atoms with Gasteiger partial charge in [0.1, 0.15) is 0 Å². The Morgan fingerprint density at radius 3 is 2.12 bits per heavy atom. The van der Waals surface area contributed by atoms with Crippen molar-refractivity contribution in [2.45, 2.75) is 33.3 Å². The fraction of sp³-hybridized carbons (Fsp3) is 0.889. The van der Waals surface area contributed by atoms with Crippen LogP contribution in [-0.4, -0.2) is 27.0 Å². The van der Waals surface area contributed by atoms with Crippen LogP contribution < -0.4 is 0 Å². The lowest BCUT2D eigenvalue weighted by molar-refractivity contribution is -0.151. The summed E-state index contributed by atoms with van der Waals surface area (Å²) in [5.41, 5.74) is -0.660. The summed E-state index contributed by atoms with van der Waals surface area (Å²) in [4.78, 5) is 28.5. The molecule has 0 bridgehead atoms. The van der Waals surface area contributed by atoms with Gasteiger partial charge < -0.3 is 14.9 Å². The highest BCUT2D eigenvalue weighted by molar-refractivity contribution is 7.46. The number of carboxylic acid groups (broad SMARTS) is 1. The highest BCUT2D eigenvalue weighted by Gasteiger charge is 2.62. The van der Waals surface area contributed by atoms with Crippen molar-refractivity contribution in [1.29, 1.82) is 0 Å². The van der Waals surface area contributed by atoms with Crippen LogP contribution in [0.15, 0.2) is 0 Å². The van der Waals surface area contributed by atoms with Crippen LogP contribution in [0.5, 0.6) is 0 Å². The average Bonchev–Trinajstić information content (AvgIpc) is 2.72. The monoisotopic (exact) mass is 252 g/mol. The molecule has 7 heteroatoms. The number of hydrogen-bond donors (Lipinski definition) is 3. The van der Waals surface area contributed by atoms with E-state index in [1.165, 1.54) is 0 Å². The smallest absolute Gasteiger partial charge is 0.470 e. The van der Waals surface area contributed by atoms with Gasteiger partial charge in [0.05, 0.1) is 0 Å². The van der Waals surface area contributed by atoms with Crippen LogP contribution in [0.2, 0.25) is 0 Å². The molecule has 0 aliphatic heterocycles. The number of rotatable bonds is 5. The number of carboxylic acids is 1. The van der Waals surface area contributed by atoms with Crippen molar-refractivity contribution in [3.8, 4) is 0 Å². The lowest BCUT2D eigenvalue weighted by atomic mass is 9.84. The SMILES string of the molecule is CC(C)C1(C(OP(=O)(O)O)C(=O)O)CC1C. The number of phosphoric ester groups is 1. The van der Waals surface area contributed by atoms with Crippen LogP contribution in [0.3, 0.4) is 0 Å². The summed E-state index contributed by atoms with van der Waals surface area (Å²) in [6, 6.07) is 0. The number of phosphoric acid groups is 1. The van der Waals surface area contributed by atoms with Gasteiger partial charge in [-0.3, -0.25) is 4.52 Å². The zero-order chi connectivity index (χ0) is 12.7. The second kappa shape index (κ2) is 4.11. The summed E-state index contributed by atoms with van der Waals surface area (Å²) in [6.07, 6.45) is -0.829. The van der Waals surface area contributed by atoms with E-state index in [1.54, 1.807) is 0 Å². The molecular formula is C9H17O6P. The van der Waals surface area contributed by atoms with E-state index in [2.05, 4.69) is 4.52 Å². The molecule has 1 fully saturated rings. The first-order valence-electron chi connectivity index (χ1n) is 5.08. The minimum Gasteiger partial charge on any atom is -0.479 e. The standard InChI is InChI=1S/C9H17O6P/c1-5(2)9(4-6(9)3)7(8(10)11)15-16(12,13)14/h5-7H,4H2,1-3H3,(H,10,11)(H2,12,13,14). The van der Waals surface area contributed by atoms with Gasteiger partial charge in [-0.2, -0.15) is 0 Å². The lowest BCUT2D eigenvalue weighted by Crippen LogP contribution is -2.37. The Kier molecular flexibility index (Phi) is 3.50. The van der Waals surface area contributed by atoms with Gasteiger partial charge in [0.25, 0.3) is 0 Å². The molecule has 0 saturated heterocycles. The Hall–Kier alpha value is -0.420. The molecule has 3 atom stereocenters. The van der Waals surface area contributed by atoms with Crippen molar-refractivity contribution in [2.24, 2.45) is 17.3 Å². The van der Waals surface area contributed by atoms with Gasteiger partial charge in [-0.1, -0.05) is 20.8 Å². The maximum Gasteiger partial charge on any atom is 0.470 e. The van der Waals surface area contributed by atoms with Gasteiger partial charge in [0.15, 0.2) is 6.10 Å². The third kappa shape index (κ3) is 2.46. The van der Waals surface area contributed by atoms with E-state index in [1.807, 2.05) is 20.8 Å². The Bertz CT molecular complexity index is 335. The van der Waals surface area contributed by atoms with E-state index >= 15 is 0 Å². The van der Waals surface area contributed by atoms with Crippen molar-refractivity contribution in [2.75, 3.05) is 0 Å². The van der Waals surface area contributed by atoms with Crippen molar-refractivity contribution in [1.82, 2.24) is 0 Å². The molecule has 6 nitrogen and oxygen atoms in total. The molecule has 0 amide bonds. The molecule has 16 heavy (non-hydrogen) atoms. The summed E-state index contributed by atoms with van der Waals surface area (Å²) in [5.74, 6) is -1.23. The Morgan fingerprint density at radius 2 is 1.94 bits per heavy atom. The van der Waals surface area contributed by atoms with Gasteiger partial charge in [-0.25, -0.2) is 9.36 Å². The maximum absolute atomic E-state index is 11.0. The molecule has 0 aromatic carbocycles. The maximum atomic E-state index is 11.0. The van der Waals surface area contributed by atoms with Gasteiger partial charge in [-0.15, -0.1) is 0 Å². The van der Waals surface area contributed by atoms with Gasteiger partial charge in [0, 0.05) is 5.41 Å². The molecule has 1 saturated carbocycles. The molecule has 0 radical (unpaired) electrons. The molecule has 1 aliphatic carbocycles. The molecule has 0 heterocycles. The summed E-state index contributed by atoms with van der Waals surface area (Å²) >= 11 is 0. The number of aliphatic carboxylic acids is 1. The average molecular weight is 252 g/mol. The predicted molar refractivity (Wildman–Crippen MR) is 55.6 cm³/mol. The molecule has 0 aromatic rings. The normalized spacial score (nSPS) is 31.5. The Balaban J connectivity index is 2.95. The molecule has 0 spiro atoms. The van der Waals surface area contributed by atoms with Crippen LogP contribution >= 0.6 is 7.82 Å². The van der Waals surface area contributed by atoms with E-state index in [0.717, 1.165) is 0 Å². The quantitative estimate of drug-likeness (QED) is 0.636. The van der Waals surface area contributed by atoms with Crippen molar-refractivity contribution in [3.63, 3.8) is 0 Å². The highest BCUT2D eigenvalue weighted by Crippen LogP contribution is 2.62. The zero-order valence-corrected chi connectivity index (χ0v) is 10.3. The molecule has 94 valence electrons. The topological polar surface area (TPSA) is 104 Å². The Morgan fingerprint density at radius 1 is 1.50 bits per heavy atom. The largest absolute Gasteiger partial charge is 0.479 e. The first-order chi connectivity index (χ1) is 7.11. The first kappa shape index (κ1) is 13.6. The summed E-state index contributed by atoms with van der Waals surface area (Å²) in [7, 11) is -4.78. The minimum absolute atomic E-state index is 0.00449. The van der Waals surface area contributed by atoms with Crippen LogP contribution in [0.4, 0.5) is 0 Å². The van der Waals surface area contributed by atoms with Crippen molar-refractivity contribution >= 4 is 13.8 Å². The molecule has 0 aromatic heterocycles. The van der Waals surface area contributed by atoms with Crippen LogP contribution in [0.1, 0.15) is 27.2 Å². The van der Waals surface area contributed by atoms with Gasteiger partial charge in [-0.05, 0) is 18.3 Å². The third-order valence-electron chi connectivity index (χ3n) is 3.45. The van der Waals surface area contributed by atoms with Crippen molar-refractivity contribution in [3.05, 3.63) is 0 Å². The highest BCUT2D eigenvalue weighted by atomic mass is 31.2. The fourth-order valence-electron chi connectivity index (χ4n) is 2.45. The summed E-state index contributed by atoms with van der Waals surface area (Å²) in [6.45, 7) is 5.53. The number of carbonyl (C=O) groups is 1. The van der Waals surface area contributed by atoms with Gasteiger partial charge >= 0.3 is 13.8 Å². The van der Waals surface area contributed by atoms with Gasteiger partial charge in [0.2, 0.25) is 0 Å². The first-order valence-corrected chi connectivity index (χ1v) is 6.61. The molecular weight excluding hydrogens is 235 g/mol. The van der Waals surface area contributed by atoms with E-state index in [9.17, 15) is 9.36 Å². The lowest BCUT2D eigenvalue weighted by Gasteiger charge is -2.28. The minimum atomic E-state index is -4.78. The molecule has 1 rings (SSSR count). The summed E-state index contributed by atoms with van der Waals surface area (Å²) in [5, 5.41) is 9.01. The van der Waals surface area contributed by atoms with E-state index in [-0.39, 0.29) is 11.8 Å². The third-order valence-corrected chi connectivity index (χ3v) is 3.93. The van der Waals surface area contributed by atoms with Crippen LogP contribution in [0, 0.1) is 17.3 Å². The second-order valence-electron chi connectivity index (χ2n) is 4.69. The molecule has 3 N–H and O–H groups in total. The zero-order valence-electron chi connectivity index (χ0n) is 9.45. The van der Waals surface area contributed by atoms with E-state index in [4.69, 9.17) is 14.9 Å². The fourth-order valence-corrected chi connectivity index (χ4v) is 3.02. The van der Waals surface area contributed by atoms with E-state index < -0.39 is 25.3 Å². The molecule has 1 aliphatic rings. The molecule has 3 unspecified atom stereocenters. The summed E-state index contributed by atoms with van der Waals surface area (Å²) < 4.78 is 15.2.